The zero-order valence-electron chi connectivity index (χ0n) is 28.8. The Balaban J connectivity index is 3.90. The van der Waals surface area contributed by atoms with E-state index in [-0.39, 0.29) is 12.8 Å². The van der Waals surface area contributed by atoms with E-state index < -0.39 is 23.3 Å². The third-order valence-electron chi connectivity index (χ3n) is 8.63. The van der Waals surface area contributed by atoms with Gasteiger partial charge in [0.15, 0.2) is 17.7 Å². The molecule has 0 rings (SSSR count). The van der Waals surface area contributed by atoms with E-state index >= 15 is 0 Å². The summed E-state index contributed by atoms with van der Waals surface area (Å²) in [7, 11) is 0. The Morgan fingerprint density at radius 3 is 1.23 bits per heavy atom. The van der Waals surface area contributed by atoms with Crippen molar-refractivity contribution < 1.29 is 24.6 Å². The van der Waals surface area contributed by atoms with E-state index in [9.17, 15) is 24.6 Å². The second-order valence-corrected chi connectivity index (χ2v) is 12.8. The van der Waals surface area contributed by atoms with Gasteiger partial charge in [-0.1, -0.05) is 141 Å². The van der Waals surface area contributed by atoms with E-state index in [1.807, 2.05) is 0 Å². The van der Waals surface area contributed by atoms with Crippen molar-refractivity contribution in [3.63, 3.8) is 0 Å². The summed E-state index contributed by atoms with van der Waals surface area (Å²) in [6.45, 7) is 4.48. The van der Waals surface area contributed by atoms with Crippen LogP contribution in [0.5, 0.6) is 0 Å². The molecule has 0 heterocycles. The van der Waals surface area contributed by atoms with Crippen molar-refractivity contribution in [1.82, 2.24) is 0 Å². The Kier molecular flexibility index (Phi) is 30.3. The van der Waals surface area contributed by atoms with E-state index in [4.69, 9.17) is 0 Å². The molecule has 0 fully saturated rings. The number of hydrogen-bond donors (Lipinski definition) is 2. The number of rotatable bonds is 34. The van der Waals surface area contributed by atoms with Crippen molar-refractivity contribution >= 4 is 17.9 Å². The van der Waals surface area contributed by atoms with Gasteiger partial charge in [-0.2, -0.15) is 0 Å². The predicted molar refractivity (Wildman–Crippen MR) is 186 cm³/mol. The van der Waals surface area contributed by atoms with Crippen LogP contribution in [0.1, 0.15) is 194 Å². The zero-order valence-corrected chi connectivity index (χ0v) is 28.8. The number of carbonyl (C=O) groups excluding carboxylic acids is 3. The molecule has 255 valence electrons. The maximum Gasteiger partial charge on any atom is 0.244 e. The van der Waals surface area contributed by atoms with Gasteiger partial charge in [0.25, 0.3) is 0 Å². The molecular weight excluding hydrogens is 548 g/mol. The number of aliphatic hydroxyl groups excluding tert-OH is 1. The summed E-state index contributed by atoms with van der Waals surface area (Å²) in [5.41, 5.74) is -2.75. The number of unbranched alkanes of at least 4 members (excludes halogenated alkanes) is 22. The molecular formula is C39H69O5. The van der Waals surface area contributed by atoms with Crippen molar-refractivity contribution in [1.29, 1.82) is 0 Å². The van der Waals surface area contributed by atoms with E-state index in [0.29, 0.717) is 12.8 Å². The second kappa shape index (κ2) is 31.4. The van der Waals surface area contributed by atoms with Crippen LogP contribution in [0.3, 0.4) is 0 Å². The fourth-order valence-corrected chi connectivity index (χ4v) is 5.55. The molecule has 0 aliphatic carbocycles. The Labute approximate surface area is 271 Å². The number of hydrogen-bond acceptors (Lipinski definition) is 5. The maximum atomic E-state index is 12.5. The predicted octanol–water partition coefficient (Wildman–Crippen LogP) is 10.4. The lowest BCUT2D eigenvalue weighted by molar-refractivity contribution is -0.150. The highest BCUT2D eigenvalue weighted by molar-refractivity contribution is 6.07. The van der Waals surface area contributed by atoms with Crippen LogP contribution in [0.15, 0.2) is 24.3 Å². The highest BCUT2D eigenvalue weighted by Gasteiger charge is 2.46. The first-order chi connectivity index (χ1) is 21.4. The molecule has 5 heteroatoms. The van der Waals surface area contributed by atoms with E-state index in [2.05, 4.69) is 38.2 Å². The number of allylic oxidation sites excluding steroid dienone is 4. The molecule has 5 nitrogen and oxygen atoms in total. The molecule has 0 bridgehead atoms. The van der Waals surface area contributed by atoms with Crippen molar-refractivity contribution in [2.75, 3.05) is 0 Å². The fourth-order valence-electron chi connectivity index (χ4n) is 5.55. The third kappa shape index (κ3) is 23.7. The topological polar surface area (TPSA) is 91.7 Å². The van der Waals surface area contributed by atoms with Gasteiger partial charge in [0.2, 0.25) is 11.9 Å². The minimum Gasteiger partial charge on any atom is -0.381 e. The number of aliphatic hydroxyl groups is 2. The summed E-state index contributed by atoms with van der Waals surface area (Å²) in [6, 6.07) is 0. The molecule has 0 aromatic heterocycles. The van der Waals surface area contributed by atoms with Gasteiger partial charge in [-0.3, -0.25) is 14.4 Å². The van der Waals surface area contributed by atoms with E-state index in [1.165, 1.54) is 89.8 Å². The summed E-state index contributed by atoms with van der Waals surface area (Å²) in [5, 5.41) is 20.9. The summed E-state index contributed by atoms with van der Waals surface area (Å²) in [4.78, 5) is 36.5. The van der Waals surface area contributed by atoms with Crippen LogP contribution in [0.2, 0.25) is 0 Å². The van der Waals surface area contributed by atoms with Crippen LogP contribution in [0.4, 0.5) is 0 Å². The van der Waals surface area contributed by atoms with Crippen LogP contribution in [-0.2, 0) is 14.4 Å². The quantitative estimate of drug-likeness (QED) is 0.0426. The zero-order chi connectivity index (χ0) is 32.6. The van der Waals surface area contributed by atoms with Crippen molar-refractivity contribution in [2.24, 2.45) is 0 Å². The maximum absolute atomic E-state index is 12.5. The van der Waals surface area contributed by atoms with E-state index in [0.717, 1.165) is 70.6 Å². The van der Waals surface area contributed by atoms with E-state index in [1.54, 1.807) is 0 Å². The molecule has 0 saturated carbocycles. The first-order valence-corrected chi connectivity index (χ1v) is 18.6. The molecule has 0 saturated heterocycles. The third-order valence-corrected chi connectivity index (χ3v) is 8.63. The SMILES string of the molecule is CCCCCCCC/C=C\CCCCCCCC(=O)C(O)C(O)([C]=O)C(=O)CCCCCCC/C=C\CCCCCCCC. The molecule has 0 amide bonds. The highest BCUT2D eigenvalue weighted by atomic mass is 16.4. The molecule has 2 unspecified atom stereocenters. The molecule has 0 aliphatic heterocycles. The Bertz CT molecular complexity index is 743. The molecule has 44 heavy (non-hydrogen) atoms. The van der Waals surface area contributed by atoms with Crippen molar-refractivity contribution in [3.8, 4) is 0 Å². The normalized spacial score (nSPS) is 13.9. The van der Waals surface area contributed by atoms with Crippen LogP contribution in [0, 0.1) is 0 Å². The lowest BCUT2D eigenvalue weighted by Gasteiger charge is -2.24. The molecule has 0 aliphatic rings. The van der Waals surface area contributed by atoms with Gasteiger partial charge in [-0.15, -0.1) is 0 Å². The minimum atomic E-state index is -2.75. The average molecular weight is 618 g/mol. The van der Waals surface area contributed by atoms with Gasteiger partial charge < -0.3 is 10.2 Å². The fraction of sp³-hybridized carbons (Fsp3) is 0.821. The lowest BCUT2D eigenvalue weighted by Crippen LogP contribution is -2.54. The van der Waals surface area contributed by atoms with Gasteiger partial charge in [-0.05, 0) is 64.2 Å². The second-order valence-electron chi connectivity index (χ2n) is 12.8. The molecule has 1 radical (unpaired) electrons. The summed E-state index contributed by atoms with van der Waals surface area (Å²) >= 11 is 0. The van der Waals surface area contributed by atoms with Crippen molar-refractivity contribution in [2.45, 2.75) is 205 Å². The van der Waals surface area contributed by atoms with Gasteiger partial charge in [-0.25, -0.2) is 0 Å². The van der Waals surface area contributed by atoms with Gasteiger partial charge in [0.05, 0.1) is 0 Å². The largest absolute Gasteiger partial charge is 0.381 e. The first kappa shape index (κ1) is 42.4. The summed E-state index contributed by atoms with van der Waals surface area (Å²) in [5.74, 6) is -1.47. The minimum absolute atomic E-state index is 0.0400. The lowest BCUT2D eigenvalue weighted by atomic mass is 9.86. The molecule has 2 N–H and O–H groups in total. The number of Topliss-reactive ketones (excluding diaryl/α,β-unsaturated/α-hetero) is 2. The Morgan fingerprint density at radius 2 is 0.864 bits per heavy atom. The number of carbonyl (C=O) groups is 2. The van der Waals surface area contributed by atoms with Crippen LogP contribution >= 0.6 is 0 Å². The average Bonchev–Trinajstić information content (AvgIpc) is 3.03. The first-order valence-electron chi connectivity index (χ1n) is 18.6. The Morgan fingerprint density at radius 1 is 0.545 bits per heavy atom. The van der Waals surface area contributed by atoms with Gasteiger partial charge in [0.1, 0.15) is 0 Å². The summed E-state index contributed by atoms with van der Waals surface area (Å²) < 4.78 is 0. The Hall–Kier alpha value is -1.59. The smallest absolute Gasteiger partial charge is 0.244 e. The molecule has 0 aromatic rings. The highest BCUT2D eigenvalue weighted by Crippen LogP contribution is 2.19. The van der Waals surface area contributed by atoms with Crippen LogP contribution < -0.4 is 0 Å². The van der Waals surface area contributed by atoms with Crippen LogP contribution in [0.25, 0.3) is 0 Å². The molecule has 0 aromatic carbocycles. The standard InChI is InChI=1S/C39H69O5/c1-3-5-7-9-11-13-15-17-19-21-23-25-27-29-31-33-36(41)38(43)39(44,35-40)37(42)34-32-30-28-26-24-22-20-18-16-14-12-10-8-6-4-2/h17-20,38,43-44H,3-16,21-34H2,1-2H3/b19-17-,20-18-. The van der Waals surface area contributed by atoms with Crippen molar-refractivity contribution in [3.05, 3.63) is 24.3 Å². The molecule has 2 atom stereocenters. The summed E-state index contributed by atoms with van der Waals surface area (Å²) in [6.07, 6.45) is 37.8. The van der Waals surface area contributed by atoms with Gasteiger partial charge >= 0.3 is 0 Å². The molecule has 0 spiro atoms. The number of ketones is 2. The van der Waals surface area contributed by atoms with Crippen LogP contribution in [-0.4, -0.2) is 39.8 Å². The van der Waals surface area contributed by atoms with Gasteiger partial charge in [0, 0.05) is 12.8 Å². The monoisotopic (exact) mass is 618 g/mol.